The van der Waals surface area contributed by atoms with Crippen LogP contribution in [0.1, 0.15) is 6.92 Å². The van der Waals surface area contributed by atoms with E-state index in [2.05, 4.69) is 15.1 Å². The fourth-order valence-electron chi connectivity index (χ4n) is 3.13. The van der Waals surface area contributed by atoms with Gasteiger partial charge in [-0.15, -0.1) is 0 Å². The summed E-state index contributed by atoms with van der Waals surface area (Å²) in [6.07, 6.45) is 0. The number of rotatable bonds is 5. The number of nitrogens with one attached hydrogen (secondary N) is 1. The molecule has 1 aliphatic rings. The Bertz CT molecular complexity index is 743. The number of nitrogens with zero attached hydrogens (tertiary/aromatic N) is 2. The summed E-state index contributed by atoms with van der Waals surface area (Å²) >= 11 is 0. The molecule has 2 aromatic carbocycles. The maximum Gasteiger partial charge on any atom is 0.241 e. The van der Waals surface area contributed by atoms with Crippen LogP contribution in [-0.2, 0) is 4.79 Å². The largest absolute Gasteiger partial charge is 0.497 e. The lowest BCUT2D eigenvalue weighted by atomic mass is 10.2. The van der Waals surface area contributed by atoms with Gasteiger partial charge in [-0.25, -0.2) is 4.39 Å². The summed E-state index contributed by atoms with van der Waals surface area (Å²) in [4.78, 5) is 16.9. The van der Waals surface area contributed by atoms with Crippen LogP contribution in [0.3, 0.4) is 0 Å². The molecule has 1 heterocycles. The second-order valence-electron chi connectivity index (χ2n) is 6.40. The number of benzene rings is 2. The molecule has 0 aromatic heterocycles. The summed E-state index contributed by atoms with van der Waals surface area (Å²) in [6, 6.07) is 13.7. The second-order valence-corrected chi connectivity index (χ2v) is 6.40. The van der Waals surface area contributed by atoms with Crippen LogP contribution in [0.4, 0.5) is 15.8 Å². The molecule has 1 atom stereocenters. The van der Waals surface area contributed by atoms with E-state index in [1.807, 2.05) is 25.1 Å². The summed E-state index contributed by atoms with van der Waals surface area (Å²) in [7, 11) is 1.60. The quantitative estimate of drug-likeness (QED) is 0.894. The van der Waals surface area contributed by atoms with Crippen LogP contribution in [0.2, 0.25) is 0 Å². The predicted molar refractivity (Wildman–Crippen MR) is 101 cm³/mol. The number of amides is 1. The topological polar surface area (TPSA) is 44.8 Å². The van der Waals surface area contributed by atoms with Crippen LogP contribution in [-0.4, -0.2) is 50.1 Å². The van der Waals surface area contributed by atoms with Gasteiger partial charge in [-0.05, 0) is 43.3 Å². The van der Waals surface area contributed by atoms with Gasteiger partial charge < -0.3 is 15.0 Å². The lowest BCUT2D eigenvalue weighted by Gasteiger charge is -2.38. The summed E-state index contributed by atoms with van der Waals surface area (Å²) in [6.45, 7) is 5.10. The molecule has 3 rings (SSSR count). The van der Waals surface area contributed by atoms with Gasteiger partial charge in [0, 0.05) is 43.6 Å². The van der Waals surface area contributed by atoms with Crippen molar-refractivity contribution in [2.24, 2.45) is 0 Å². The standard InChI is InChI=1S/C20H24FN3O2/c1-15(20(25)22-17-4-3-5-19(14-17)26-2)23-10-12-24(13-11-23)18-8-6-16(21)7-9-18/h3-9,14-15H,10-13H2,1-2H3,(H,22,25)/t15-/m1/s1. The van der Waals surface area contributed by atoms with E-state index in [1.165, 1.54) is 12.1 Å². The monoisotopic (exact) mass is 357 g/mol. The zero-order chi connectivity index (χ0) is 18.5. The maximum absolute atomic E-state index is 13.1. The SMILES string of the molecule is COc1cccc(NC(=O)[C@@H](C)N2CCN(c3ccc(F)cc3)CC2)c1. The molecule has 1 saturated heterocycles. The third-order valence-corrected chi connectivity index (χ3v) is 4.77. The average Bonchev–Trinajstić information content (AvgIpc) is 2.68. The zero-order valence-corrected chi connectivity index (χ0v) is 15.1. The Morgan fingerprint density at radius 3 is 2.46 bits per heavy atom. The average molecular weight is 357 g/mol. The number of carbonyl (C=O) groups is 1. The first-order chi connectivity index (χ1) is 12.6. The van der Waals surface area contributed by atoms with Crippen molar-refractivity contribution >= 4 is 17.3 Å². The molecule has 0 bridgehead atoms. The van der Waals surface area contributed by atoms with E-state index in [9.17, 15) is 9.18 Å². The van der Waals surface area contributed by atoms with Gasteiger partial charge in [-0.3, -0.25) is 9.69 Å². The minimum Gasteiger partial charge on any atom is -0.497 e. The van der Waals surface area contributed by atoms with Gasteiger partial charge in [-0.1, -0.05) is 6.07 Å². The first kappa shape index (κ1) is 18.2. The van der Waals surface area contributed by atoms with Crippen molar-refractivity contribution in [3.63, 3.8) is 0 Å². The number of ether oxygens (including phenoxy) is 1. The Balaban J connectivity index is 1.54. The number of hydrogen-bond acceptors (Lipinski definition) is 4. The van der Waals surface area contributed by atoms with Gasteiger partial charge >= 0.3 is 0 Å². The Hall–Kier alpha value is -2.60. The third-order valence-electron chi connectivity index (χ3n) is 4.77. The summed E-state index contributed by atoms with van der Waals surface area (Å²) in [5, 5.41) is 2.95. The van der Waals surface area contributed by atoms with Crippen LogP contribution < -0.4 is 15.0 Å². The highest BCUT2D eigenvalue weighted by molar-refractivity contribution is 5.94. The third kappa shape index (κ3) is 4.32. The first-order valence-electron chi connectivity index (χ1n) is 8.76. The van der Waals surface area contributed by atoms with Gasteiger partial charge in [0.05, 0.1) is 13.2 Å². The number of anilines is 2. The number of halogens is 1. The van der Waals surface area contributed by atoms with Crippen LogP contribution in [0.25, 0.3) is 0 Å². The lowest BCUT2D eigenvalue weighted by molar-refractivity contribution is -0.120. The Morgan fingerprint density at radius 2 is 1.81 bits per heavy atom. The van der Waals surface area contributed by atoms with E-state index in [0.717, 1.165) is 37.6 Å². The molecule has 6 heteroatoms. The molecule has 1 N–H and O–H groups in total. The van der Waals surface area contributed by atoms with Crippen molar-refractivity contribution in [3.05, 3.63) is 54.3 Å². The fraction of sp³-hybridized carbons (Fsp3) is 0.350. The minimum atomic E-state index is -0.227. The van der Waals surface area contributed by atoms with Gasteiger partial charge in [0.1, 0.15) is 11.6 Å². The minimum absolute atomic E-state index is 0.0338. The van der Waals surface area contributed by atoms with Gasteiger partial charge in [0.2, 0.25) is 5.91 Å². The van der Waals surface area contributed by atoms with Crippen molar-refractivity contribution in [3.8, 4) is 5.75 Å². The first-order valence-corrected chi connectivity index (χ1v) is 8.76. The van der Waals surface area contributed by atoms with E-state index in [0.29, 0.717) is 5.75 Å². The Kier molecular flexibility index (Phi) is 5.73. The molecule has 1 fully saturated rings. The maximum atomic E-state index is 13.1. The van der Waals surface area contributed by atoms with Crippen LogP contribution >= 0.6 is 0 Å². The molecular weight excluding hydrogens is 333 g/mol. The molecule has 0 spiro atoms. The number of piperazine rings is 1. The van der Waals surface area contributed by atoms with Gasteiger partial charge in [0.15, 0.2) is 0 Å². The van der Waals surface area contributed by atoms with Crippen LogP contribution in [0.15, 0.2) is 48.5 Å². The van der Waals surface area contributed by atoms with Crippen molar-refractivity contribution in [2.45, 2.75) is 13.0 Å². The molecule has 1 aliphatic heterocycles. The molecule has 5 nitrogen and oxygen atoms in total. The van der Waals surface area contributed by atoms with Crippen LogP contribution in [0.5, 0.6) is 5.75 Å². The molecule has 0 aliphatic carbocycles. The smallest absolute Gasteiger partial charge is 0.241 e. The molecular formula is C20H24FN3O2. The molecule has 0 radical (unpaired) electrons. The summed E-state index contributed by atoms with van der Waals surface area (Å²) in [5.74, 6) is 0.451. The molecule has 0 unspecified atom stereocenters. The summed E-state index contributed by atoms with van der Waals surface area (Å²) in [5.41, 5.74) is 1.74. The highest BCUT2D eigenvalue weighted by Gasteiger charge is 2.25. The summed E-state index contributed by atoms with van der Waals surface area (Å²) < 4.78 is 18.2. The molecule has 2 aromatic rings. The van der Waals surface area contributed by atoms with Crippen molar-refractivity contribution in [2.75, 3.05) is 43.5 Å². The molecule has 1 amide bonds. The van der Waals surface area contributed by atoms with E-state index < -0.39 is 0 Å². The highest BCUT2D eigenvalue weighted by atomic mass is 19.1. The fourth-order valence-corrected chi connectivity index (χ4v) is 3.13. The molecule has 0 saturated carbocycles. The zero-order valence-electron chi connectivity index (χ0n) is 15.1. The number of carbonyl (C=O) groups excluding carboxylic acids is 1. The van der Waals surface area contributed by atoms with Crippen molar-refractivity contribution in [1.82, 2.24) is 4.90 Å². The lowest BCUT2D eigenvalue weighted by Crippen LogP contribution is -2.52. The second kappa shape index (κ2) is 8.19. The van der Waals surface area contributed by atoms with E-state index >= 15 is 0 Å². The predicted octanol–water partition coefficient (Wildman–Crippen LogP) is 2.98. The van der Waals surface area contributed by atoms with E-state index in [-0.39, 0.29) is 17.8 Å². The normalized spacial score (nSPS) is 16.2. The molecule has 26 heavy (non-hydrogen) atoms. The van der Waals surface area contributed by atoms with Crippen LogP contribution in [0, 0.1) is 5.82 Å². The highest BCUT2D eigenvalue weighted by Crippen LogP contribution is 2.19. The molecule has 138 valence electrons. The number of hydrogen-bond donors (Lipinski definition) is 1. The van der Waals surface area contributed by atoms with E-state index in [1.54, 1.807) is 25.3 Å². The van der Waals surface area contributed by atoms with Crippen molar-refractivity contribution < 1.29 is 13.9 Å². The Morgan fingerprint density at radius 1 is 1.12 bits per heavy atom. The van der Waals surface area contributed by atoms with Crippen molar-refractivity contribution in [1.29, 1.82) is 0 Å². The van der Waals surface area contributed by atoms with Gasteiger partial charge in [0.25, 0.3) is 0 Å². The van der Waals surface area contributed by atoms with E-state index in [4.69, 9.17) is 4.74 Å². The Labute approximate surface area is 153 Å². The number of methoxy groups -OCH3 is 1. The van der Waals surface area contributed by atoms with Gasteiger partial charge in [-0.2, -0.15) is 0 Å².